The summed E-state index contributed by atoms with van der Waals surface area (Å²) in [5.74, 6) is -0.284. The Balaban J connectivity index is 2.31. The molecule has 0 aliphatic heterocycles. The first-order valence-corrected chi connectivity index (χ1v) is 8.69. The summed E-state index contributed by atoms with van der Waals surface area (Å²) in [6, 6.07) is 12.4. The standard InChI is InChI=1S/C21H25N3O2/c1-14(11-21(2,3)4)19(23-13-25)20(26)24-18-10-9-15(12-22)16-7-5-6-8-17(16)18/h5-10,13-14,19H,11H2,1-4H3,(H,23,25)(H,24,26)/t14-,19-/m0/s1. The molecule has 0 spiro atoms. The molecule has 2 atom stereocenters. The van der Waals surface area contributed by atoms with Gasteiger partial charge < -0.3 is 10.6 Å². The minimum atomic E-state index is -0.624. The van der Waals surface area contributed by atoms with E-state index < -0.39 is 6.04 Å². The van der Waals surface area contributed by atoms with Crippen molar-refractivity contribution in [1.29, 1.82) is 5.26 Å². The molecule has 0 fully saturated rings. The number of anilines is 1. The smallest absolute Gasteiger partial charge is 0.247 e. The molecule has 0 aromatic heterocycles. The molecule has 2 N–H and O–H groups in total. The van der Waals surface area contributed by atoms with Gasteiger partial charge in [-0.3, -0.25) is 9.59 Å². The number of rotatable bonds is 6. The Morgan fingerprint density at radius 2 is 1.85 bits per heavy atom. The van der Waals surface area contributed by atoms with Crippen LogP contribution in [-0.4, -0.2) is 18.4 Å². The summed E-state index contributed by atoms with van der Waals surface area (Å²) in [4.78, 5) is 23.8. The maximum atomic E-state index is 12.8. The van der Waals surface area contributed by atoms with Crippen LogP contribution in [0.5, 0.6) is 0 Å². The van der Waals surface area contributed by atoms with Crippen LogP contribution < -0.4 is 10.6 Å². The van der Waals surface area contributed by atoms with Crippen molar-refractivity contribution in [3.63, 3.8) is 0 Å². The molecular formula is C21H25N3O2. The maximum Gasteiger partial charge on any atom is 0.247 e. The van der Waals surface area contributed by atoms with Gasteiger partial charge in [0.1, 0.15) is 6.04 Å². The Bertz CT molecular complexity index is 846. The number of benzene rings is 2. The number of hydrogen-bond acceptors (Lipinski definition) is 3. The minimum absolute atomic E-state index is 0.0233. The van der Waals surface area contributed by atoms with E-state index in [1.165, 1.54) is 0 Å². The number of nitriles is 1. The second kappa shape index (κ2) is 8.01. The molecular weight excluding hydrogens is 326 g/mol. The third kappa shape index (κ3) is 4.60. The normalized spacial score (nSPS) is 13.5. The highest BCUT2D eigenvalue weighted by molar-refractivity contribution is 6.05. The highest BCUT2D eigenvalue weighted by Gasteiger charge is 2.28. The Morgan fingerprint density at radius 1 is 1.19 bits per heavy atom. The zero-order valence-corrected chi connectivity index (χ0v) is 15.7. The van der Waals surface area contributed by atoms with Gasteiger partial charge >= 0.3 is 0 Å². The molecule has 2 aromatic rings. The quantitative estimate of drug-likeness (QED) is 0.776. The number of carbonyl (C=O) groups excluding carboxylic acids is 2. The Morgan fingerprint density at radius 3 is 2.42 bits per heavy atom. The van der Waals surface area contributed by atoms with Gasteiger partial charge in [0.05, 0.1) is 11.6 Å². The van der Waals surface area contributed by atoms with Crippen LogP contribution in [0.4, 0.5) is 5.69 Å². The average molecular weight is 351 g/mol. The van der Waals surface area contributed by atoms with Crippen LogP contribution in [0.2, 0.25) is 0 Å². The van der Waals surface area contributed by atoms with E-state index in [1.54, 1.807) is 12.1 Å². The molecule has 0 saturated heterocycles. The lowest BCUT2D eigenvalue weighted by Gasteiger charge is -2.28. The number of nitrogens with zero attached hydrogens (tertiary/aromatic N) is 1. The summed E-state index contributed by atoms with van der Waals surface area (Å²) in [7, 11) is 0. The second-order valence-corrected chi connectivity index (χ2v) is 7.81. The van der Waals surface area contributed by atoms with Crippen molar-refractivity contribution in [2.24, 2.45) is 11.3 Å². The van der Waals surface area contributed by atoms with E-state index >= 15 is 0 Å². The third-order valence-electron chi connectivity index (χ3n) is 4.34. The lowest BCUT2D eigenvalue weighted by atomic mass is 9.82. The topological polar surface area (TPSA) is 82.0 Å². The predicted molar refractivity (Wildman–Crippen MR) is 104 cm³/mol. The largest absolute Gasteiger partial charge is 0.347 e. The van der Waals surface area contributed by atoms with Crippen molar-refractivity contribution < 1.29 is 9.59 Å². The van der Waals surface area contributed by atoms with Crippen LogP contribution in [-0.2, 0) is 9.59 Å². The average Bonchev–Trinajstić information content (AvgIpc) is 2.58. The van der Waals surface area contributed by atoms with Crippen LogP contribution in [0.1, 0.15) is 39.7 Å². The van der Waals surface area contributed by atoms with Crippen LogP contribution in [0.25, 0.3) is 10.8 Å². The molecule has 0 radical (unpaired) electrons. The number of fused-ring (bicyclic) bond motifs is 1. The minimum Gasteiger partial charge on any atom is -0.347 e. The maximum absolute atomic E-state index is 12.8. The molecule has 0 bridgehead atoms. The van der Waals surface area contributed by atoms with Gasteiger partial charge in [-0.1, -0.05) is 52.0 Å². The van der Waals surface area contributed by atoms with E-state index in [-0.39, 0.29) is 17.2 Å². The Kier molecular flexibility index (Phi) is 5.99. The summed E-state index contributed by atoms with van der Waals surface area (Å²) in [6.07, 6.45) is 1.36. The van der Waals surface area contributed by atoms with Crippen molar-refractivity contribution in [3.05, 3.63) is 42.0 Å². The summed E-state index contributed by atoms with van der Waals surface area (Å²) in [5.41, 5.74) is 1.23. The number of carbonyl (C=O) groups is 2. The molecule has 136 valence electrons. The lowest BCUT2D eigenvalue weighted by Crippen LogP contribution is -2.45. The summed E-state index contributed by atoms with van der Waals surface area (Å²) in [5, 5.41) is 16.4. The van der Waals surface area contributed by atoms with Gasteiger partial charge in [0.2, 0.25) is 12.3 Å². The van der Waals surface area contributed by atoms with Gasteiger partial charge in [-0.25, -0.2) is 0 Å². The van der Waals surface area contributed by atoms with Crippen molar-refractivity contribution in [2.75, 3.05) is 5.32 Å². The van der Waals surface area contributed by atoms with E-state index in [9.17, 15) is 14.9 Å². The molecule has 2 amide bonds. The predicted octanol–water partition coefficient (Wildman–Crippen LogP) is 3.84. The SMILES string of the molecule is C[C@@H](CC(C)(C)C)[C@H](NC=O)C(=O)Nc1ccc(C#N)c2ccccc12. The first kappa shape index (κ1) is 19.5. The van der Waals surface area contributed by atoms with E-state index in [0.717, 1.165) is 17.2 Å². The molecule has 0 aliphatic carbocycles. The number of hydrogen-bond donors (Lipinski definition) is 2. The van der Waals surface area contributed by atoms with Gasteiger partial charge in [-0.2, -0.15) is 5.26 Å². The number of nitrogens with one attached hydrogen (secondary N) is 2. The van der Waals surface area contributed by atoms with E-state index in [4.69, 9.17) is 0 Å². The van der Waals surface area contributed by atoms with E-state index in [2.05, 4.69) is 37.5 Å². The summed E-state index contributed by atoms with van der Waals surface area (Å²) >= 11 is 0. The fourth-order valence-electron chi connectivity index (χ4n) is 3.37. The molecule has 2 aromatic carbocycles. The fourth-order valence-corrected chi connectivity index (χ4v) is 3.37. The second-order valence-electron chi connectivity index (χ2n) is 7.81. The fraction of sp³-hybridized carbons (Fsp3) is 0.381. The highest BCUT2D eigenvalue weighted by atomic mass is 16.2. The molecule has 2 rings (SSSR count). The summed E-state index contributed by atoms with van der Waals surface area (Å²) < 4.78 is 0. The molecule has 0 aliphatic rings. The van der Waals surface area contributed by atoms with E-state index in [1.807, 2.05) is 31.2 Å². The third-order valence-corrected chi connectivity index (χ3v) is 4.34. The van der Waals surface area contributed by atoms with E-state index in [0.29, 0.717) is 17.7 Å². The molecule has 0 heterocycles. The van der Waals surface area contributed by atoms with Crippen LogP contribution in [0.3, 0.4) is 0 Å². The van der Waals surface area contributed by atoms with Gasteiger partial charge in [0, 0.05) is 16.5 Å². The first-order chi connectivity index (χ1) is 12.3. The summed E-state index contributed by atoms with van der Waals surface area (Å²) in [6.45, 7) is 8.28. The lowest BCUT2D eigenvalue weighted by molar-refractivity contribution is -0.122. The van der Waals surface area contributed by atoms with Crippen LogP contribution in [0.15, 0.2) is 36.4 Å². The number of amides is 2. The zero-order chi connectivity index (χ0) is 19.3. The van der Waals surface area contributed by atoms with Crippen LogP contribution in [0, 0.1) is 22.7 Å². The van der Waals surface area contributed by atoms with Gasteiger partial charge in [-0.05, 0) is 29.9 Å². The van der Waals surface area contributed by atoms with Crippen molar-refractivity contribution in [1.82, 2.24) is 5.32 Å². The van der Waals surface area contributed by atoms with Gasteiger partial charge in [0.25, 0.3) is 0 Å². The molecule has 0 unspecified atom stereocenters. The van der Waals surface area contributed by atoms with Gasteiger partial charge in [0.15, 0.2) is 0 Å². The van der Waals surface area contributed by atoms with Gasteiger partial charge in [-0.15, -0.1) is 0 Å². The zero-order valence-electron chi connectivity index (χ0n) is 15.7. The van der Waals surface area contributed by atoms with Crippen LogP contribution >= 0.6 is 0 Å². The van der Waals surface area contributed by atoms with Crippen molar-refractivity contribution in [2.45, 2.75) is 40.2 Å². The highest BCUT2D eigenvalue weighted by Crippen LogP contribution is 2.29. The van der Waals surface area contributed by atoms with Crippen molar-refractivity contribution in [3.8, 4) is 6.07 Å². The molecule has 0 saturated carbocycles. The van der Waals surface area contributed by atoms with Crippen molar-refractivity contribution >= 4 is 28.8 Å². The first-order valence-electron chi connectivity index (χ1n) is 8.69. The molecule has 5 nitrogen and oxygen atoms in total. The Labute approximate surface area is 154 Å². The molecule has 26 heavy (non-hydrogen) atoms. The molecule has 5 heteroatoms. The Hall–Kier alpha value is -2.87. The monoisotopic (exact) mass is 351 g/mol.